The van der Waals surface area contributed by atoms with Crippen molar-refractivity contribution in [3.05, 3.63) is 23.8 Å². The molecule has 0 bridgehead atoms. The van der Waals surface area contributed by atoms with E-state index in [1.54, 1.807) is 0 Å². The van der Waals surface area contributed by atoms with Gasteiger partial charge in [0.25, 0.3) is 0 Å². The molecule has 1 fully saturated rings. The number of hydrogen-bond acceptors (Lipinski definition) is 3. The molecule has 0 spiro atoms. The van der Waals surface area contributed by atoms with E-state index in [-0.39, 0.29) is 0 Å². The molecule has 0 radical (unpaired) electrons. The van der Waals surface area contributed by atoms with Crippen LogP contribution in [-0.2, 0) is 6.42 Å². The van der Waals surface area contributed by atoms with E-state index in [4.69, 9.17) is 11.2 Å². The Morgan fingerprint density at radius 1 is 1.37 bits per heavy atom. The maximum Gasteiger partial charge on any atom is 0.122 e. The molecule has 19 heavy (non-hydrogen) atoms. The number of nitrogens with zero attached hydrogens (tertiary/aromatic N) is 1. The molecule has 2 heterocycles. The fourth-order valence-electron chi connectivity index (χ4n) is 2.88. The van der Waals surface area contributed by atoms with Crippen LogP contribution in [0.5, 0.6) is 5.75 Å². The summed E-state index contributed by atoms with van der Waals surface area (Å²) < 4.78 is 5.53. The molecule has 3 nitrogen and oxygen atoms in total. The molecule has 1 aromatic rings. The first kappa shape index (κ1) is 12.4. The second-order valence-electron chi connectivity index (χ2n) is 5.32. The van der Waals surface area contributed by atoms with Crippen LogP contribution in [0.1, 0.15) is 18.4 Å². The van der Waals surface area contributed by atoms with Gasteiger partial charge in [-0.25, -0.2) is 0 Å². The maximum atomic E-state index is 5.53. The molecule has 0 aliphatic carbocycles. The van der Waals surface area contributed by atoms with Gasteiger partial charge in [-0.1, -0.05) is 5.92 Å². The van der Waals surface area contributed by atoms with Crippen molar-refractivity contribution in [3.8, 4) is 18.1 Å². The highest BCUT2D eigenvalue weighted by molar-refractivity contribution is 5.53. The van der Waals surface area contributed by atoms with Crippen molar-refractivity contribution in [2.75, 3.05) is 31.6 Å². The molecule has 0 atom stereocenters. The lowest BCUT2D eigenvalue weighted by atomic mass is 10.0. The third-order valence-corrected chi connectivity index (χ3v) is 3.96. The fourth-order valence-corrected chi connectivity index (χ4v) is 2.88. The fraction of sp³-hybridized carbons (Fsp3) is 0.500. The molecule has 1 aromatic carbocycles. The van der Waals surface area contributed by atoms with Crippen LogP contribution in [0.15, 0.2) is 18.2 Å². The average Bonchev–Trinajstić information content (AvgIpc) is 2.89. The largest absolute Gasteiger partial charge is 0.493 e. The van der Waals surface area contributed by atoms with E-state index in [0.29, 0.717) is 6.04 Å². The number of ether oxygens (including phenoxy) is 1. The SMILES string of the molecule is C#CCN1CCC(Nc2ccc3c(c2)CCO3)CC1. The second-order valence-corrected chi connectivity index (χ2v) is 5.32. The van der Waals surface area contributed by atoms with Gasteiger partial charge in [-0.2, -0.15) is 0 Å². The van der Waals surface area contributed by atoms with Crippen molar-refractivity contribution < 1.29 is 4.74 Å². The zero-order chi connectivity index (χ0) is 13.1. The van der Waals surface area contributed by atoms with E-state index < -0.39 is 0 Å². The van der Waals surface area contributed by atoms with Gasteiger partial charge in [0.15, 0.2) is 0 Å². The smallest absolute Gasteiger partial charge is 0.122 e. The summed E-state index contributed by atoms with van der Waals surface area (Å²) in [5, 5.41) is 3.64. The molecule has 1 N–H and O–H groups in total. The van der Waals surface area contributed by atoms with Crippen molar-refractivity contribution >= 4 is 5.69 Å². The third-order valence-electron chi connectivity index (χ3n) is 3.96. The van der Waals surface area contributed by atoms with Crippen LogP contribution >= 0.6 is 0 Å². The number of hydrogen-bond donors (Lipinski definition) is 1. The first-order valence-corrected chi connectivity index (χ1v) is 7.03. The summed E-state index contributed by atoms with van der Waals surface area (Å²) in [4.78, 5) is 2.34. The number of anilines is 1. The molecular weight excluding hydrogens is 236 g/mol. The van der Waals surface area contributed by atoms with Gasteiger partial charge in [0.1, 0.15) is 5.75 Å². The van der Waals surface area contributed by atoms with Gasteiger partial charge < -0.3 is 10.1 Å². The Labute approximate surface area is 114 Å². The predicted octanol–water partition coefficient (Wildman–Crippen LogP) is 2.13. The van der Waals surface area contributed by atoms with Crippen LogP contribution in [0, 0.1) is 12.3 Å². The van der Waals surface area contributed by atoms with Gasteiger partial charge in [-0.15, -0.1) is 6.42 Å². The van der Waals surface area contributed by atoms with Crippen molar-refractivity contribution in [1.82, 2.24) is 4.90 Å². The summed E-state index contributed by atoms with van der Waals surface area (Å²) in [5.41, 5.74) is 2.55. The van der Waals surface area contributed by atoms with Crippen LogP contribution in [0.25, 0.3) is 0 Å². The number of fused-ring (bicyclic) bond motifs is 1. The highest BCUT2D eigenvalue weighted by Crippen LogP contribution is 2.28. The van der Waals surface area contributed by atoms with E-state index >= 15 is 0 Å². The van der Waals surface area contributed by atoms with E-state index in [0.717, 1.165) is 51.3 Å². The molecule has 100 valence electrons. The van der Waals surface area contributed by atoms with Gasteiger partial charge in [0.2, 0.25) is 0 Å². The molecule has 3 heteroatoms. The Kier molecular flexibility index (Phi) is 3.61. The molecule has 0 amide bonds. The summed E-state index contributed by atoms with van der Waals surface area (Å²) in [6.07, 6.45) is 8.71. The predicted molar refractivity (Wildman–Crippen MR) is 77.6 cm³/mol. The third kappa shape index (κ3) is 2.85. The Morgan fingerprint density at radius 3 is 3.00 bits per heavy atom. The summed E-state index contributed by atoms with van der Waals surface area (Å²) in [6.45, 7) is 3.79. The lowest BCUT2D eigenvalue weighted by molar-refractivity contribution is 0.243. The summed E-state index contributed by atoms with van der Waals surface area (Å²) >= 11 is 0. The molecule has 0 unspecified atom stereocenters. The number of nitrogens with one attached hydrogen (secondary N) is 1. The van der Waals surface area contributed by atoms with Crippen LogP contribution in [0.3, 0.4) is 0 Å². The molecule has 1 saturated heterocycles. The Hall–Kier alpha value is -1.66. The molecular formula is C16H20N2O. The van der Waals surface area contributed by atoms with E-state index in [1.807, 2.05) is 0 Å². The van der Waals surface area contributed by atoms with Crippen LogP contribution in [-0.4, -0.2) is 37.2 Å². The minimum atomic E-state index is 0.564. The zero-order valence-electron chi connectivity index (χ0n) is 11.2. The van der Waals surface area contributed by atoms with Crippen LogP contribution in [0.4, 0.5) is 5.69 Å². The number of benzene rings is 1. The quantitative estimate of drug-likeness (QED) is 0.839. The lowest BCUT2D eigenvalue weighted by Crippen LogP contribution is -2.39. The van der Waals surface area contributed by atoms with Crippen molar-refractivity contribution in [3.63, 3.8) is 0 Å². The van der Waals surface area contributed by atoms with Crippen molar-refractivity contribution in [1.29, 1.82) is 0 Å². The highest BCUT2D eigenvalue weighted by atomic mass is 16.5. The molecule has 0 saturated carbocycles. The van der Waals surface area contributed by atoms with Gasteiger partial charge in [0.05, 0.1) is 13.2 Å². The van der Waals surface area contributed by atoms with E-state index in [2.05, 4.69) is 34.3 Å². The summed E-state index contributed by atoms with van der Waals surface area (Å²) in [7, 11) is 0. The Morgan fingerprint density at radius 2 is 2.21 bits per heavy atom. The normalized spacial score (nSPS) is 19.5. The molecule has 3 rings (SSSR count). The molecule has 0 aromatic heterocycles. The minimum absolute atomic E-state index is 0.564. The maximum absolute atomic E-state index is 5.53. The van der Waals surface area contributed by atoms with Crippen molar-refractivity contribution in [2.45, 2.75) is 25.3 Å². The molecule has 2 aliphatic rings. The van der Waals surface area contributed by atoms with Gasteiger partial charge in [-0.3, -0.25) is 4.90 Å². The van der Waals surface area contributed by atoms with Gasteiger partial charge in [0, 0.05) is 31.2 Å². The standard InChI is InChI=1S/C16H20N2O/c1-2-8-18-9-5-14(6-10-18)17-15-3-4-16-13(12-15)7-11-19-16/h1,3-4,12,14,17H,5-11H2. The number of rotatable bonds is 3. The first-order chi connectivity index (χ1) is 9.35. The summed E-state index contributed by atoms with van der Waals surface area (Å²) in [6, 6.07) is 7.00. The van der Waals surface area contributed by atoms with Crippen molar-refractivity contribution in [2.24, 2.45) is 0 Å². The van der Waals surface area contributed by atoms with Gasteiger partial charge >= 0.3 is 0 Å². The Bertz CT molecular complexity index is 484. The number of piperidine rings is 1. The van der Waals surface area contributed by atoms with E-state index in [1.165, 1.54) is 11.3 Å². The van der Waals surface area contributed by atoms with E-state index in [9.17, 15) is 0 Å². The van der Waals surface area contributed by atoms with Crippen LogP contribution in [0.2, 0.25) is 0 Å². The Balaban J connectivity index is 1.56. The number of likely N-dealkylation sites (tertiary alicyclic amines) is 1. The highest BCUT2D eigenvalue weighted by Gasteiger charge is 2.19. The van der Waals surface area contributed by atoms with Gasteiger partial charge in [-0.05, 0) is 36.6 Å². The minimum Gasteiger partial charge on any atom is -0.493 e. The van der Waals surface area contributed by atoms with Crippen LogP contribution < -0.4 is 10.1 Å². The number of terminal acetylenes is 1. The topological polar surface area (TPSA) is 24.5 Å². The molecule has 2 aliphatic heterocycles. The zero-order valence-corrected chi connectivity index (χ0v) is 11.2. The second kappa shape index (κ2) is 5.54. The average molecular weight is 256 g/mol. The summed E-state index contributed by atoms with van der Waals surface area (Å²) in [5.74, 6) is 3.77. The monoisotopic (exact) mass is 256 g/mol. The lowest BCUT2D eigenvalue weighted by Gasteiger charge is -2.31. The first-order valence-electron chi connectivity index (χ1n) is 7.03.